The first-order valence-corrected chi connectivity index (χ1v) is 8.14. The van der Waals surface area contributed by atoms with Gasteiger partial charge in [0, 0.05) is 23.1 Å². The SMILES string of the molecule is CN1CCc2c([nH]c3ccccc23)[C@H]1C1CCCCC1. The molecule has 1 aromatic heterocycles. The predicted octanol–water partition coefficient (Wildman–Crippen LogP) is 4.28. The summed E-state index contributed by atoms with van der Waals surface area (Å²) in [7, 11) is 2.31. The van der Waals surface area contributed by atoms with Crippen molar-refractivity contribution >= 4 is 10.9 Å². The van der Waals surface area contributed by atoms with Crippen LogP contribution in [0.25, 0.3) is 10.9 Å². The molecule has 2 heteroatoms. The predicted molar refractivity (Wildman–Crippen MR) is 83.9 cm³/mol. The molecule has 1 N–H and O–H groups in total. The van der Waals surface area contributed by atoms with Gasteiger partial charge in [0.25, 0.3) is 0 Å². The van der Waals surface area contributed by atoms with Crippen molar-refractivity contribution in [1.29, 1.82) is 0 Å². The Morgan fingerprint density at radius 1 is 1.10 bits per heavy atom. The van der Waals surface area contributed by atoms with Crippen LogP contribution in [0.2, 0.25) is 0 Å². The van der Waals surface area contributed by atoms with Gasteiger partial charge in [-0.05, 0) is 43.9 Å². The standard InChI is InChI=1S/C18H24N2/c1-20-12-11-15-14-9-5-6-10-16(14)19-17(15)18(20)13-7-3-2-4-8-13/h5-6,9-10,13,18-19H,2-4,7-8,11-12H2,1H3/t18-/m1/s1. The van der Waals surface area contributed by atoms with Crippen molar-refractivity contribution < 1.29 is 0 Å². The molecule has 4 rings (SSSR count). The molecule has 20 heavy (non-hydrogen) atoms. The summed E-state index contributed by atoms with van der Waals surface area (Å²) in [6.45, 7) is 1.20. The van der Waals surface area contributed by atoms with E-state index in [0.717, 1.165) is 5.92 Å². The molecule has 0 amide bonds. The molecule has 1 aromatic carbocycles. The third kappa shape index (κ3) is 1.89. The van der Waals surface area contributed by atoms with Crippen LogP contribution in [0.1, 0.15) is 49.4 Å². The highest BCUT2D eigenvalue weighted by atomic mass is 15.2. The molecule has 1 atom stereocenters. The van der Waals surface area contributed by atoms with Crippen LogP contribution in [-0.2, 0) is 6.42 Å². The smallest absolute Gasteiger partial charge is 0.0527 e. The summed E-state index contributed by atoms with van der Waals surface area (Å²) < 4.78 is 0. The highest BCUT2D eigenvalue weighted by Crippen LogP contribution is 2.42. The number of nitrogens with one attached hydrogen (secondary N) is 1. The minimum absolute atomic E-state index is 0.617. The molecule has 0 unspecified atom stereocenters. The molecule has 0 bridgehead atoms. The first kappa shape index (κ1) is 12.5. The van der Waals surface area contributed by atoms with Crippen molar-refractivity contribution in [2.45, 2.75) is 44.6 Å². The van der Waals surface area contributed by atoms with E-state index in [1.165, 1.54) is 61.7 Å². The van der Waals surface area contributed by atoms with Gasteiger partial charge in [-0.1, -0.05) is 37.5 Å². The minimum atomic E-state index is 0.617. The Morgan fingerprint density at radius 2 is 1.90 bits per heavy atom. The number of benzene rings is 1. The van der Waals surface area contributed by atoms with Crippen LogP contribution in [0.4, 0.5) is 0 Å². The van der Waals surface area contributed by atoms with E-state index in [2.05, 4.69) is 41.2 Å². The maximum absolute atomic E-state index is 3.75. The van der Waals surface area contributed by atoms with Crippen molar-refractivity contribution in [2.24, 2.45) is 5.92 Å². The normalized spacial score (nSPS) is 24.9. The molecule has 2 aromatic rings. The van der Waals surface area contributed by atoms with Crippen molar-refractivity contribution in [1.82, 2.24) is 9.88 Å². The molecule has 0 spiro atoms. The molecule has 1 saturated carbocycles. The fourth-order valence-corrected chi connectivity index (χ4v) is 4.44. The van der Waals surface area contributed by atoms with Gasteiger partial charge in [0.05, 0.1) is 6.04 Å². The van der Waals surface area contributed by atoms with E-state index in [1.54, 1.807) is 5.56 Å². The number of hydrogen-bond acceptors (Lipinski definition) is 1. The molecular formula is C18H24N2. The van der Waals surface area contributed by atoms with Gasteiger partial charge in [-0.25, -0.2) is 0 Å². The van der Waals surface area contributed by atoms with Crippen LogP contribution in [-0.4, -0.2) is 23.5 Å². The third-order valence-electron chi connectivity index (χ3n) is 5.43. The fraction of sp³-hybridized carbons (Fsp3) is 0.556. The number of fused-ring (bicyclic) bond motifs is 3. The number of aromatic amines is 1. The molecule has 2 aliphatic rings. The molecule has 1 aliphatic heterocycles. The van der Waals surface area contributed by atoms with Crippen molar-refractivity contribution in [3.63, 3.8) is 0 Å². The maximum Gasteiger partial charge on any atom is 0.0527 e. The van der Waals surface area contributed by atoms with Gasteiger partial charge in [-0.3, -0.25) is 4.90 Å². The van der Waals surface area contributed by atoms with E-state index >= 15 is 0 Å². The Bertz CT molecular complexity index is 607. The summed E-state index contributed by atoms with van der Waals surface area (Å²) in [4.78, 5) is 6.34. The zero-order chi connectivity index (χ0) is 13.5. The van der Waals surface area contributed by atoms with E-state index < -0.39 is 0 Å². The molecular weight excluding hydrogens is 244 g/mol. The largest absolute Gasteiger partial charge is 0.357 e. The quantitative estimate of drug-likeness (QED) is 0.818. The van der Waals surface area contributed by atoms with Gasteiger partial charge in [-0.15, -0.1) is 0 Å². The molecule has 2 heterocycles. The van der Waals surface area contributed by atoms with Gasteiger partial charge in [-0.2, -0.15) is 0 Å². The summed E-state index contributed by atoms with van der Waals surface area (Å²) in [5.74, 6) is 0.848. The lowest BCUT2D eigenvalue weighted by atomic mass is 9.79. The number of hydrogen-bond donors (Lipinski definition) is 1. The Kier molecular flexibility index (Phi) is 3.07. The summed E-state index contributed by atoms with van der Waals surface area (Å²) >= 11 is 0. The summed E-state index contributed by atoms with van der Waals surface area (Å²) in [5.41, 5.74) is 4.44. The van der Waals surface area contributed by atoms with E-state index in [9.17, 15) is 0 Å². The van der Waals surface area contributed by atoms with Crippen LogP contribution >= 0.6 is 0 Å². The number of nitrogens with zero attached hydrogens (tertiary/aromatic N) is 1. The summed E-state index contributed by atoms with van der Waals surface area (Å²) in [5, 5.41) is 1.46. The third-order valence-corrected chi connectivity index (χ3v) is 5.43. The van der Waals surface area contributed by atoms with Crippen LogP contribution in [0.5, 0.6) is 0 Å². The summed E-state index contributed by atoms with van der Waals surface area (Å²) in [6, 6.07) is 9.44. The second kappa shape index (κ2) is 4.92. The first-order valence-electron chi connectivity index (χ1n) is 8.14. The van der Waals surface area contributed by atoms with Crippen LogP contribution in [0.3, 0.4) is 0 Å². The number of H-pyrrole nitrogens is 1. The first-order chi connectivity index (χ1) is 9.84. The van der Waals surface area contributed by atoms with Crippen LogP contribution < -0.4 is 0 Å². The zero-order valence-corrected chi connectivity index (χ0v) is 12.4. The Morgan fingerprint density at radius 3 is 2.75 bits per heavy atom. The Hall–Kier alpha value is -1.28. The Balaban J connectivity index is 1.80. The monoisotopic (exact) mass is 268 g/mol. The van der Waals surface area contributed by atoms with E-state index in [0.29, 0.717) is 6.04 Å². The highest BCUT2D eigenvalue weighted by Gasteiger charge is 2.34. The van der Waals surface area contributed by atoms with E-state index in [-0.39, 0.29) is 0 Å². The van der Waals surface area contributed by atoms with Gasteiger partial charge in [0.1, 0.15) is 0 Å². The summed E-state index contributed by atoms with van der Waals surface area (Å²) in [6.07, 6.45) is 8.29. The second-order valence-corrected chi connectivity index (χ2v) is 6.64. The second-order valence-electron chi connectivity index (χ2n) is 6.64. The molecule has 0 saturated heterocycles. The molecule has 0 radical (unpaired) electrons. The minimum Gasteiger partial charge on any atom is -0.357 e. The van der Waals surface area contributed by atoms with Crippen molar-refractivity contribution in [3.8, 4) is 0 Å². The molecule has 2 nitrogen and oxygen atoms in total. The topological polar surface area (TPSA) is 19.0 Å². The number of para-hydroxylation sites is 1. The average molecular weight is 268 g/mol. The number of rotatable bonds is 1. The van der Waals surface area contributed by atoms with Gasteiger partial charge >= 0.3 is 0 Å². The van der Waals surface area contributed by atoms with Crippen molar-refractivity contribution in [2.75, 3.05) is 13.6 Å². The van der Waals surface area contributed by atoms with E-state index in [1.807, 2.05) is 0 Å². The highest BCUT2D eigenvalue weighted by molar-refractivity contribution is 5.85. The van der Waals surface area contributed by atoms with Gasteiger partial charge in [0.15, 0.2) is 0 Å². The molecule has 106 valence electrons. The van der Waals surface area contributed by atoms with Gasteiger partial charge in [0.2, 0.25) is 0 Å². The number of aromatic nitrogens is 1. The zero-order valence-electron chi connectivity index (χ0n) is 12.4. The molecule has 1 fully saturated rings. The van der Waals surface area contributed by atoms with Crippen molar-refractivity contribution in [3.05, 3.63) is 35.5 Å². The number of likely N-dealkylation sites (N-methyl/N-ethyl adjacent to an activating group) is 1. The van der Waals surface area contributed by atoms with Gasteiger partial charge < -0.3 is 4.98 Å². The van der Waals surface area contributed by atoms with E-state index in [4.69, 9.17) is 0 Å². The molecule has 1 aliphatic carbocycles. The fourth-order valence-electron chi connectivity index (χ4n) is 4.44. The lowest BCUT2D eigenvalue weighted by Crippen LogP contribution is -2.37. The maximum atomic E-state index is 3.75. The van der Waals surface area contributed by atoms with Crippen LogP contribution in [0, 0.1) is 5.92 Å². The Labute approximate surface area is 121 Å². The lowest BCUT2D eigenvalue weighted by molar-refractivity contribution is 0.132. The van der Waals surface area contributed by atoms with Crippen LogP contribution in [0.15, 0.2) is 24.3 Å². The lowest BCUT2D eigenvalue weighted by Gasteiger charge is -2.39. The average Bonchev–Trinajstić information content (AvgIpc) is 2.86.